The fraction of sp³-hybridized carbons (Fsp3) is 0.800. The molecular formula is C5H9NaO2. The Bertz CT molecular complexity index is 93.1. The van der Waals surface area contributed by atoms with E-state index in [0.717, 1.165) is 27.9 Å². The van der Waals surface area contributed by atoms with Crippen LogP contribution >= 0.6 is 0 Å². The van der Waals surface area contributed by atoms with Gasteiger partial charge in [-0.3, -0.25) is 0 Å². The van der Waals surface area contributed by atoms with Crippen molar-refractivity contribution < 1.29 is 9.53 Å². The first-order chi connectivity index (χ1) is 3.48. The zero-order valence-corrected chi connectivity index (χ0v) is 7.82. The van der Waals surface area contributed by atoms with Crippen molar-refractivity contribution >= 4 is 33.9 Å². The normalized spacial score (nSPS) is 11.1. The second kappa shape index (κ2) is 2.85. The molecule has 0 saturated heterocycles. The van der Waals surface area contributed by atoms with Gasteiger partial charge < -0.3 is 0 Å². The summed E-state index contributed by atoms with van der Waals surface area (Å²) in [6, 6.07) is 0. The number of methoxy groups -OCH3 is 1. The maximum atomic E-state index is 10.6. The average Bonchev–Trinajstić information content (AvgIpc) is 1.62. The summed E-state index contributed by atoms with van der Waals surface area (Å²) in [7, 11) is 1.42. The van der Waals surface area contributed by atoms with Gasteiger partial charge in [0.25, 0.3) is 0 Å². The summed E-state index contributed by atoms with van der Waals surface area (Å²) in [5.41, 5.74) is 0. The quantitative estimate of drug-likeness (QED) is 0.376. The Balaban J connectivity index is 3.82. The van der Waals surface area contributed by atoms with Crippen molar-refractivity contribution in [2.75, 3.05) is 7.11 Å². The van der Waals surface area contributed by atoms with E-state index in [-0.39, 0.29) is 8.63 Å². The van der Waals surface area contributed by atoms with Gasteiger partial charge in [-0.25, -0.2) is 0 Å². The number of hydrogen-bond acceptors (Lipinski definition) is 2. The van der Waals surface area contributed by atoms with Crippen molar-refractivity contribution in [3.63, 3.8) is 0 Å². The second-order valence-corrected chi connectivity index (χ2v) is 5.24. The van der Waals surface area contributed by atoms with Crippen LogP contribution in [0.3, 0.4) is 0 Å². The molecule has 0 aromatic rings. The first-order valence-electron chi connectivity index (χ1n) is 2.57. The molecule has 0 atom stereocenters. The Morgan fingerprint density at radius 3 is 2.00 bits per heavy atom. The molecule has 0 bridgehead atoms. The summed E-state index contributed by atoms with van der Waals surface area (Å²) in [5.74, 6) is -0.107. The summed E-state index contributed by atoms with van der Waals surface area (Å²) < 4.78 is 4.30. The zero-order valence-electron chi connectivity index (χ0n) is 5.82. The molecule has 0 aromatic heterocycles. The Morgan fingerprint density at radius 1 is 1.62 bits per heavy atom. The molecule has 0 spiro atoms. The fourth-order valence-electron chi connectivity index (χ4n) is 0.306. The van der Waals surface area contributed by atoms with Gasteiger partial charge in [-0.05, 0) is 0 Å². The van der Waals surface area contributed by atoms with E-state index in [0.29, 0.717) is 0 Å². The maximum absolute atomic E-state index is 10.6. The Kier molecular flexibility index (Phi) is 3.02. The van der Waals surface area contributed by atoms with Crippen molar-refractivity contribution in [3.05, 3.63) is 0 Å². The topological polar surface area (TPSA) is 26.3 Å². The number of rotatable bonds is 1. The van der Waals surface area contributed by atoms with Crippen LogP contribution in [0.2, 0.25) is 2.66 Å². The van der Waals surface area contributed by atoms with Gasteiger partial charge in [-0.2, -0.15) is 0 Å². The number of carbonyl (C=O) groups excluding carboxylic acids is 1. The average molecular weight is 124 g/mol. The van der Waals surface area contributed by atoms with E-state index in [1.54, 1.807) is 0 Å². The van der Waals surface area contributed by atoms with E-state index in [9.17, 15) is 4.79 Å². The molecule has 0 amide bonds. The van der Waals surface area contributed by atoms with Gasteiger partial charge >= 0.3 is 67.1 Å². The summed E-state index contributed by atoms with van der Waals surface area (Å²) in [6.07, 6.45) is 0. The molecule has 0 unspecified atom stereocenters. The third-order valence-corrected chi connectivity index (χ3v) is 1.21. The molecular weight excluding hydrogens is 115 g/mol. The van der Waals surface area contributed by atoms with Crippen LogP contribution in [0, 0.1) is 0 Å². The van der Waals surface area contributed by atoms with Crippen LogP contribution in [0.1, 0.15) is 13.8 Å². The van der Waals surface area contributed by atoms with Crippen LogP contribution in [0.4, 0.5) is 0 Å². The molecule has 0 heterocycles. The van der Waals surface area contributed by atoms with Gasteiger partial charge in [0.2, 0.25) is 0 Å². The molecule has 3 heteroatoms. The Labute approximate surface area is 67.0 Å². The van der Waals surface area contributed by atoms with Gasteiger partial charge in [-0.15, -0.1) is 0 Å². The predicted octanol–water partition coefficient (Wildman–Crippen LogP) is 0.526. The summed E-state index contributed by atoms with van der Waals surface area (Å²) >= 11 is 0.847. The molecule has 0 radical (unpaired) electrons. The Hall–Kier alpha value is 0.470. The van der Waals surface area contributed by atoms with Crippen LogP contribution in [-0.2, 0) is 9.53 Å². The molecule has 2 nitrogen and oxygen atoms in total. The molecule has 0 fully saturated rings. The molecule has 0 aliphatic carbocycles. The monoisotopic (exact) mass is 124 g/mol. The van der Waals surface area contributed by atoms with E-state index in [1.807, 2.05) is 13.8 Å². The minimum absolute atomic E-state index is 0.107. The van der Waals surface area contributed by atoms with Gasteiger partial charge in [0.1, 0.15) is 0 Å². The number of esters is 1. The molecule has 0 saturated carbocycles. The van der Waals surface area contributed by atoms with Crippen molar-refractivity contribution in [2.45, 2.75) is 16.5 Å². The number of hydrogen-bond donors (Lipinski definition) is 0. The molecule has 0 aliphatic heterocycles. The van der Waals surface area contributed by atoms with Crippen LogP contribution in [0.5, 0.6) is 0 Å². The molecule has 8 heavy (non-hydrogen) atoms. The minimum atomic E-state index is -0.214. The summed E-state index contributed by atoms with van der Waals surface area (Å²) in [6.45, 7) is 3.76. The van der Waals surface area contributed by atoms with Crippen LogP contribution in [-0.4, -0.2) is 41.0 Å². The number of carbonyl (C=O) groups is 1. The van der Waals surface area contributed by atoms with Gasteiger partial charge in [0, 0.05) is 0 Å². The molecule has 42 valence electrons. The van der Waals surface area contributed by atoms with Crippen molar-refractivity contribution in [2.24, 2.45) is 0 Å². The first kappa shape index (κ1) is 8.47. The zero-order chi connectivity index (χ0) is 6.78. The fourth-order valence-corrected chi connectivity index (χ4v) is 0.510. The van der Waals surface area contributed by atoms with E-state index < -0.39 is 0 Å². The van der Waals surface area contributed by atoms with E-state index in [1.165, 1.54) is 7.11 Å². The number of ether oxygens (including phenoxy) is 1. The van der Waals surface area contributed by atoms with Crippen molar-refractivity contribution in [3.8, 4) is 0 Å². The van der Waals surface area contributed by atoms with Gasteiger partial charge in [0.05, 0.1) is 0 Å². The third kappa shape index (κ3) is 2.70. The SMILES string of the molecule is COC(=O)[C](C)(C)[Na]. The summed E-state index contributed by atoms with van der Waals surface area (Å²) in [5, 5.41) is 0. The van der Waals surface area contributed by atoms with E-state index in [2.05, 4.69) is 4.74 Å². The van der Waals surface area contributed by atoms with E-state index >= 15 is 0 Å². The first-order valence-corrected chi connectivity index (χ1v) is 3.57. The predicted molar refractivity (Wildman–Crippen MR) is 31.8 cm³/mol. The van der Waals surface area contributed by atoms with Gasteiger partial charge in [-0.1, -0.05) is 0 Å². The summed E-state index contributed by atoms with van der Waals surface area (Å²) in [4.78, 5) is 10.6. The van der Waals surface area contributed by atoms with E-state index in [4.69, 9.17) is 0 Å². The Morgan fingerprint density at radius 2 is 2.00 bits per heavy atom. The standard InChI is InChI=1S/C5H9O2.Na/c1-4(2)5(6)7-3;/h1-3H3;. The molecule has 0 N–H and O–H groups in total. The van der Waals surface area contributed by atoms with Crippen molar-refractivity contribution in [1.82, 2.24) is 0 Å². The molecule has 0 aliphatic rings. The third-order valence-electron chi connectivity index (χ3n) is 0.798. The molecule has 0 rings (SSSR count). The molecule has 0 aromatic carbocycles. The van der Waals surface area contributed by atoms with Crippen LogP contribution in [0.25, 0.3) is 0 Å². The van der Waals surface area contributed by atoms with Crippen LogP contribution < -0.4 is 0 Å². The van der Waals surface area contributed by atoms with Gasteiger partial charge in [0.15, 0.2) is 0 Å². The van der Waals surface area contributed by atoms with Crippen LogP contribution in [0.15, 0.2) is 0 Å². The second-order valence-electron chi connectivity index (χ2n) is 2.74. The van der Waals surface area contributed by atoms with Crippen molar-refractivity contribution in [1.29, 1.82) is 0 Å².